The topological polar surface area (TPSA) is 49.3 Å². The number of thioether (sulfide) groups is 1. The number of rotatable bonds is 5. The maximum atomic E-state index is 11.8. The average molecular weight is 267 g/mol. The third-order valence-electron chi connectivity index (χ3n) is 3.09. The molecule has 0 aliphatic rings. The van der Waals surface area contributed by atoms with E-state index in [4.69, 9.17) is 0 Å². The van der Waals surface area contributed by atoms with Crippen LogP contribution in [0.5, 0.6) is 0 Å². The molecule has 1 amide bonds. The molecule has 0 radical (unpaired) electrons. The van der Waals surface area contributed by atoms with Crippen LogP contribution in [0, 0.1) is 0 Å². The predicted octanol–water partition coefficient (Wildman–Crippen LogP) is 2.44. The van der Waals surface area contributed by atoms with Gasteiger partial charge in [-0.15, -0.1) is 11.8 Å². The third kappa shape index (κ3) is 4.35. The molecule has 1 aromatic rings. The third-order valence-corrected chi connectivity index (χ3v) is 4.11. The highest BCUT2D eigenvalue weighted by molar-refractivity contribution is 8.00. The molecule has 0 aliphatic carbocycles. The van der Waals surface area contributed by atoms with Crippen molar-refractivity contribution in [2.75, 3.05) is 5.75 Å². The standard InChI is InChI=1S/C14H21NO2S/c1-13(2,14(3,4)17)15-12(16)10-18-11-8-6-5-7-9-11/h5-9,17H,10H2,1-4H3,(H,15,16). The van der Waals surface area contributed by atoms with E-state index in [9.17, 15) is 9.90 Å². The molecule has 1 aromatic carbocycles. The van der Waals surface area contributed by atoms with Crippen molar-refractivity contribution in [1.82, 2.24) is 5.32 Å². The fourth-order valence-electron chi connectivity index (χ4n) is 1.20. The molecule has 0 fully saturated rings. The lowest BCUT2D eigenvalue weighted by Crippen LogP contribution is -2.58. The summed E-state index contributed by atoms with van der Waals surface area (Å²) in [5.41, 5.74) is -1.61. The van der Waals surface area contributed by atoms with Crippen LogP contribution in [-0.4, -0.2) is 27.9 Å². The van der Waals surface area contributed by atoms with Crippen LogP contribution in [0.3, 0.4) is 0 Å². The summed E-state index contributed by atoms with van der Waals surface area (Å²) < 4.78 is 0. The Morgan fingerprint density at radius 3 is 2.28 bits per heavy atom. The van der Waals surface area contributed by atoms with Crippen molar-refractivity contribution < 1.29 is 9.90 Å². The Morgan fingerprint density at radius 2 is 1.78 bits per heavy atom. The monoisotopic (exact) mass is 267 g/mol. The molecule has 0 aliphatic heterocycles. The van der Waals surface area contributed by atoms with Gasteiger partial charge in [-0.1, -0.05) is 18.2 Å². The number of hydrogen-bond donors (Lipinski definition) is 2. The van der Waals surface area contributed by atoms with Gasteiger partial charge in [-0.2, -0.15) is 0 Å². The van der Waals surface area contributed by atoms with E-state index in [1.54, 1.807) is 13.8 Å². The predicted molar refractivity (Wildman–Crippen MR) is 75.7 cm³/mol. The summed E-state index contributed by atoms with van der Waals surface area (Å²) in [5.74, 6) is 0.278. The first-order valence-corrected chi connectivity index (χ1v) is 6.92. The maximum Gasteiger partial charge on any atom is 0.230 e. The second-order valence-corrected chi connectivity index (χ2v) is 6.38. The van der Waals surface area contributed by atoms with Crippen molar-refractivity contribution in [2.45, 2.75) is 43.7 Å². The lowest BCUT2D eigenvalue weighted by Gasteiger charge is -2.37. The van der Waals surface area contributed by atoms with Gasteiger partial charge in [-0.25, -0.2) is 0 Å². The first-order chi connectivity index (χ1) is 8.22. The van der Waals surface area contributed by atoms with Gasteiger partial charge in [-0.05, 0) is 39.8 Å². The molecular weight excluding hydrogens is 246 g/mol. The maximum absolute atomic E-state index is 11.8. The lowest BCUT2D eigenvalue weighted by molar-refractivity contribution is -0.123. The molecule has 4 heteroatoms. The van der Waals surface area contributed by atoms with E-state index in [0.717, 1.165) is 4.90 Å². The molecule has 0 spiro atoms. The van der Waals surface area contributed by atoms with Crippen LogP contribution in [0.2, 0.25) is 0 Å². The van der Waals surface area contributed by atoms with Crippen LogP contribution < -0.4 is 5.32 Å². The van der Waals surface area contributed by atoms with Crippen LogP contribution in [-0.2, 0) is 4.79 Å². The van der Waals surface area contributed by atoms with Crippen molar-refractivity contribution >= 4 is 17.7 Å². The highest BCUT2D eigenvalue weighted by Gasteiger charge is 2.36. The van der Waals surface area contributed by atoms with Gasteiger partial charge in [0.1, 0.15) is 0 Å². The number of carbonyl (C=O) groups is 1. The highest BCUT2D eigenvalue weighted by atomic mass is 32.2. The summed E-state index contributed by atoms with van der Waals surface area (Å²) in [6, 6.07) is 9.78. The number of amides is 1. The van der Waals surface area contributed by atoms with Crippen molar-refractivity contribution in [3.8, 4) is 0 Å². The Bertz CT molecular complexity index is 396. The molecule has 0 heterocycles. The highest BCUT2D eigenvalue weighted by Crippen LogP contribution is 2.21. The Kier molecular flexibility index (Phi) is 4.82. The van der Waals surface area contributed by atoms with Crippen LogP contribution in [0.15, 0.2) is 35.2 Å². The molecule has 0 saturated heterocycles. The quantitative estimate of drug-likeness (QED) is 0.806. The molecule has 0 bridgehead atoms. The van der Waals surface area contributed by atoms with Crippen molar-refractivity contribution in [3.63, 3.8) is 0 Å². The lowest BCUT2D eigenvalue weighted by atomic mass is 9.86. The molecule has 0 saturated carbocycles. The van der Waals surface area contributed by atoms with Crippen LogP contribution in [0.1, 0.15) is 27.7 Å². The molecule has 2 N–H and O–H groups in total. The fraction of sp³-hybridized carbons (Fsp3) is 0.500. The van der Waals surface area contributed by atoms with Gasteiger partial charge in [-0.3, -0.25) is 4.79 Å². The molecule has 0 aromatic heterocycles. The van der Waals surface area contributed by atoms with Gasteiger partial charge in [0, 0.05) is 4.90 Å². The largest absolute Gasteiger partial charge is 0.388 e. The first kappa shape index (κ1) is 15.1. The van der Waals surface area contributed by atoms with E-state index in [1.807, 2.05) is 44.2 Å². The first-order valence-electron chi connectivity index (χ1n) is 5.93. The van der Waals surface area contributed by atoms with E-state index in [2.05, 4.69) is 5.32 Å². The van der Waals surface area contributed by atoms with Gasteiger partial charge >= 0.3 is 0 Å². The zero-order valence-electron chi connectivity index (χ0n) is 11.4. The average Bonchev–Trinajstić information content (AvgIpc) is 2.26. The molecule has 0 unspecified atom stereocenters. The van der Waals surface area contributed by atoms with E-state index < -0.39 is 11.1 Å². The van der Waals surface area contributed by atoms with Crippen molar-refractivity contribution in [3.05, 3.63) is 30.3 Å². The second kappa shape index (κ2) is 5.76. The summed E-state index contributed by atoms with van der Waals surface area (Å²) >= 11 is 1.49. The minimum atomic E-state index is -0.958. The molecule has 18 heavy (non-hydrogen) atoms. The van der Waals surface area contributed by atoms with E-state index in [0.29, 0.717) is 5.75 Å². The minimum absolute atomic E-state index is 0.0732. The van der Waals surface area contributed by atoms with Gasteiger partial charge < -0.3 is 10.4 Å². The number of aliphatic hydroxyl groups is 1. The number of benzene rings is 1. The SMILES string of the molecule is CC(C)(O)C(C)(C)NC(=O)CSc1ccccc1. The Hall–Kier alpha value is -1.00. The molecular formula is C14H21NO2S. The number of carbonyl (C=O) groups excluding carboxylic acids is 1. The molecule has 1 rings (SSSR count). The van der Waals surface area contributed by atoms with Gasteiger partial charge in [0.25, 0.3) is 0 Å². The normalized spacial score (nSPS) is 12.3. The van der Waals surface area contributed by atoms with Gasteiger partial charge in [0.15, 0.2) is 0 Å². The Labute approximate surface area is 113 Å². The summed E-state index contributed by atoms with van der Waals surface area (Å²) in [6.45, 7) is 7.02. The van der Waals surface area contributed by atoms with E-state index in [-0.39, 0.29) is 5.91 Å². The molecule has 100 valence electrons. The fourth-order valence-corrected chi connectivity index (χ4v) is 1.92. The Balaban J connectivity index is 2.48. The van der Waals surface area contributed by atoms with E-state index in [1.165, 1.54) is 11.8 Å². The number of nitrogens with one attached hydrogen (secondary N) is 1. The van der Waals surface area contributed by atoms with Crippen molar-refractivity contribution in [1.29, 1.82) is 0 Å². The van der Waals surface area contributed by atoms with Gasteiger partial charge in [0.2, 0.25) is 5.91 Å². The summed E-state index contributed by atoms with van der Waals surface area (Å²) in [5, 5.41) is 12.8. The van der Waals surface area contributed by atoms with Crippen LogP contribution in [0.4, 0.5) is 0 Å². The Morgan fingerprint density at radius 1 is 1.22 bits per heavy atom. The van der Waals surface area contributed by atoms with Crippen LogP contribution >= 0.6 is 11.8 Å². The number of hydrogen-bond acceptors (Lipinski definition) is 3. The summed E-state index contributed by atoms with van der Waals surface area (Å²) in [4.78, 5) is 12.9. The second-order valence-electron chi connectivity index (χ2n) is 5.33. The van der Waals surface area contributed by atoms with Gasteiger partial charge in [0.05, 0.1) is 16.9 Å². The molecule has 0 atom stereocenters. The summed E-state index contributed by atoms with van der Waals surface area (Å²) in [6.07, 6.45) is 0. The zero-order valence-corrected chi connectivity index (χ0v) is 12.2. The minimum Gasteiger partial charge on any atom is -0.388 e. The van der Waals surface area contributed by atoms with Crippen molar-refractivity contribution in [2.24, 2.45) is 0 Å². The van der Waals surface area contributed by atoms with E-state index >= 15 is 0 Å². The zero-order chi connectivity index (χ0) is 13.8. The van der Waals surface area contributed by atoms with Crippen LogP contribution in [0.25, 0.3) is 0 Å². The summed E-state index contributed by atoms with van der Waals surface area (Å²) in [7, 11) is 0. The molecule has 3 nitrogen and oxygen atoms in total. The smallest absolute Gasteiger partial charge is 0.230 e.